The van der Waals surface area contributed by atoms with Gasteiger partial charge in [-0.1, -0.05) is 43.9 Å². The standard InChI is InChI=1S/C20H31NO/c1-2-21(18-11-4-3-5-12-18)15-16-22-20-14-8-10-17-9-6-7-13-19(17)20/h3-5,11-12,17,19-20H,2,6-10,13-16H2,1H3. The lowest BCUT2D eigenvalue weighted by atomic mass is 9.69. The minimum absolute atomic E-state index is 0.536. The van der Waals surface area contributed by atoms with Gasteiger partial charge in [-0.15, -0.1) is 0 Å². The molecule has 1 aromatic carbocycles. The predicted octanol–water partition coefficient (Wildman–Crippen LogP) is 4.89. The van der Waals surface area contributed by atoms with Gasteiger partial charge < -0.3 is 9.64 Å². The van der Waals surface area contributed by atoms with Gasteiger partial charge in [0.15, 0.2) is 0 Å². The minimum atomic E-state index is 0.536. The number of ether oxygens (including phenoxy) is 1. The molecule has 0 N–H and O–H groups in total. The van der Waals surface area contributed by atoms with E-state index in [1.54, 1.807) is 0 Å². The molecule has 122 valence electrons. The normalized spacial score (nSPS) is 28.1. The van der Waals surface area contributed by atoms with Gasteiger partial charge >= 0.3 is 0 Å². The lowest BCUT2D eigenvalue weighted by molar-refractivity contribution is -0.0440. The van der Waals surface area contributed by atoms with Crippen molar-refractivity contribution >= 4 is 5.69 Å². The molecule has 22 heavy (non-hydrogen) atoms. The van der Waals surface area contributed by atoms with Crippen LogP contribution in [0.3, 0.4) is 0 Å². The minimum Gasteiger partial charge on any atom is -0.376 e. The van der Waals surface area contributed by atoms with Crippen LogP contribution in [0.4, 0.5) is 5.69 Å². The summed E-state index contributed by atoms with van der Waals surface area (Å²) in [5.74, 6) is 1.82. The maximum Gasteiger partial charge on any atom is 0.0645 e. The summed E-state index contributed by atoms with van der Waals surface area (Å²) in [5, 5.41) is 0. The van der Waals surface area contributed by atoms with E-state index in [2.05, 4.69) is 42.2 Å². The zero-order valence-electron chi connectivity index (χ0n) is 14.0. The van der Waals surface area contributed by atoms with Crippen LogP contribution < -0.4 is 4.90 Å². The first kappa shape index (κ1) is 15.9. The van der Waals surface area contributed by atoms with E-state index in [0.717, 1.165) is 31.5 Å². The monoisotopic (exact) mass is 301 g/mol. The van der Waals surface area contributed by atoms with Crippen LogP contribution in [0.15, 0.2) is 30.3 Å². The molecule has 0 radical (unpaired) electrons. The van der Waals surface area contributed by atoms with E-state index in [1.807, 2.05) is 0 Å². The highest BCUT2D eigenvalue weighted by Crippen LogP contribution is 2.41. The number of hydrogen-bond donors (Lipinski definition) is 0. The number of rotatable bonds is 6. The quantitative estimate of drug-likeness (QED) is 0.742. The van der Waals surface area contributed by atoms with Crippen molar-refractivity contribution in [2.24, 2.45) is 11.8 Å². The van der Waals surface area contributed by atoms with E-state index in [0.29, 0.717) is 6.10 Å². The molecule has 0 aromatic heterocycles. The molecule has 3 atom stereocenters. The van der Waals surface area contributed by atoms with E-state index in [4.69, 9.17) is 4.74 Å². The van der Waals surface area contributed by atoms with Crippen molar-refractivity contribution in [3.05, 3.63) is 30.3 Å². The fourth-order valence-corrected chi connectivity index (χ4v) is 4.51. The summed E-state index contributed by atoms with van der Waals surface area (Å²) in [7, 11) is 0. The Morgan fingerprint density at radius 2 is 1.77 bits per heavy atom. The highest BCUT2D eigenvalue weighted by atomic mass is 16.5. The highest BCUT2D eigenvalue weighted by Gasteiger charge is 2.35. The third kappa shape index (κ3) is 3.84. The molecule has 2 nitrogen and oxygen atoms in total. The Labute approximate surface area is 135 Å². The van der Waals surface area contributed by atoms with Gasteiger partial charge in [0.05, 0.1) is 12.7 Å². The molecule has 0 aliphatic heterocycles. The van der Waals surface area contributed by atoms with E-state index in [9.17, 15) is 0 Å². The Morgan fingerprint density at radius 3 is 2.59 bits per heavy atom. The van der Waals surface area contributed by atoms with Crippen LogP contribution >= 0.6 is 0 Å². The molecule has 2 saturated carbocycles. The van der Waals surface area contributed by atoms with Crippen LogP contribution in [0.2, 0.25) is 0 Å². The van der Waals surface area contributed by atoms with Gasteiger partial charge in [0.25, 0.3) is 0 Å². The average molecular weight is 301 g/mol. The molecule has 3 rings (SSSR count). The largest absolute Gasteiger partial charge is 0.376 e. The first-order chi connectivity index (χ1) is 10.9. The van der Waals surface area contributed by atoms with Crippen molar-refractivity contribution in [2.45, 2.75) is 58.0 Å². The number of fused-ring (bicyclic) bond motifs is 1. The zero-order valence-corrected chi connectivity index (χ0v) is 14.0. The molecular formula is C20H31NO. The van der Waals surface area contributed by atoms with Crippen molar-refractivity contribution in [1.82, 2.24) is 0 Å². The van der Waals surface area contributed by atoms with Crippen molar-refractivity contribution in [1.29, 1.82) is 0 Å². The van der Waals surface area contributed by atoms with Crippen LogP contribution in [0.5, 0.6) is 0 Å². The summed E-state index contributed by atoms with van der Waals surface area (Å²) in [6, 6.07) is 10.7. The average Bonchev–Trinajstić information content (AvgIpc) is 2.59. The Hall–Kier alpha value is -1.02. The van der Waals surface area contributed by atoms with Gasteiger partial charge in [-0.05, 0) is 50.2 Å². The summed E-state index contributed by atoms with van der Waals surface area (Å²) in [4.78, 5) is 2.42. The summed E-state index contributed by atoms with van der Waals surface area (Å²) >= 11 is 0. The van der Waals surface area contributed by atoms with Gasteiger partial charge in [-0.3, -0.25) is 0 Å². The maximum absolute atomic E-state index is 6.36. The molecule has 0 saturated heterocycles. The number of hydrogen-bond acceptors (Lipinski definition) is 2. The Kier molecular flexibility index (Phi) is 5.77. The molecule has 0 bridgehead atoms. The van der Waals surface area contributed by atoms with Crippen molar-refractivity contribution in [2.75, 3.05) is 24.6 Å². The number of para-hydroxylation sites is 1. The smallest absolute Gasteiger partial charge is 0.0645 e. The number of nitrogens with zero attached hydrogens (tertiary/aromatic N) is 1. The summed E-state index contributed by atoms with van der Waals surface area (Å²) in [5.41, 5.74) is 1.31. The Bertz CT molecular complexity index is 431. The third-order valence-electron chi connectivity index (χ3n) is 5.71. The van der Waals surface area contributed by atoms with Crippen LogP contribution in [-0.2, 0) is 4.74 Å². The second kappa shape index (κ2) is 8.01. The fourth-order valence-electron chi connectivity index (χ4n) is 4.51. The van der Waals surface area contributed by atoms with E-state index < -0.39 is 0 Å². The van der Waals surface area contributed by atoms with Gasteiger partial charge in [0.2, 0.25) is 0 Å². The molecule has 2 aliphatic carbocycles. The lowest BCUT2D eigenvalue weighted by Gasteiger charge is -2.41. The molecule has 2 heteroatoms. The first-order valence-corrected chi connectivity index (χ1v) is 9.30. The molecule has 0 spiro atoms. The first-order valence-electron chi connectivity index (χ1n) is 9.30. The predicted molar refractivity (Wildman–Crippen MR) is 93.4 cm³/mol. The molecule has 2 aliphatic rings. The van der Waals surface area contributed by atoms with Crippen molar-refractivity contribution < 1.29 is 4.74 Å². The SMILES string of the molecule is CCN(CCOC1CCCC2CCCCC21)c1ccccc1. The van der Waals surface area contributed by atoms with Gasteiger partial charge in [0, 0.05) is 18.8 Å². The lowest BCUT2D eigenvalue weighted by Crippen LogP contribution is -2.38. The number of anilines is 1. The second-order valence-corrected chi connectivity index (χ2v) is 6.96. The van der Waals surface area contributed by atoms with E-state index in [1.165, 1.54) is 50.6 Å². The molecule has 2 fully saturated rings. The van der Waals surface area contributed by atoms with Crippen LogP contribution in [0.1, 0.15) is 51.9 Å². The van der Waals surface area contributed by atoms with E-state index >= 15 is 0 Å². The molecule has 3 unspecified atom stereocenters. The fraction of sp³-hybridized carbons (Fsp3) is 0.700. The summed E-state index contributed by atoms with van der Waals surface area (Å²) in [6.45, 7) is 5.15. The second-order valence-electron chi connectivity index (χ2n) is 6.96. The number of likely N-dealkylation sites (N-methyl/N-ethyl adjacent to an activating group) is 1. The topological polar surface area (TPSA) is 12.5 Å². The Balaban J connectivity index is 1.49. The number of benzene rings is 1. The summed E-state index contributed by atoms with van der Waals surface area (Å²) in [6.07, 6.45) is 10.4. The highest BCUT2D eigenvalue weighted by molar-refractivity contribution is 5.45. The van der Waals surface area contributed by atoms with E-state index in [-0.39, 0.29) is 0 Å². The maximum atomic E-state index is 6.36. The molecular weight excluding hydrogens is 270 g/mol. The zero-order chi connectivity index (χ0) is 15.2. The van der Waals surface area contributed by atoms with Crippen molar-refractivity contribution in [3.63, 3.8) is 0 Å². The van der Waals surface area contributed by atoms with Crippen molar-refractivity contribution in [3.8, 4) is 0 Å². The van der Waals surface area contributed by atoms with Gasteiger partial charge in [0.1, 0.15) is 0 Å². The van der Waals surface area contributed by atoms with Gasteiger partial charge in [-0.2, -0.15) is 0 Å². The third-order valence-corrected chi connectivity index (χ3v) is 5.71. The van der Waals surface area contributed by atoms with Crippen LogP contribution in [-0.4, -0.2) is 25.8 Å². The van der Waals surface area contributed by atoms with Gasteiger partial charge in [-0.25, -0.2) is 0 Å². The summed E-state index contributed by atoms with van der Waals surface area (Å²) < 4.78 is 6.36. The Morgan fingerprint density at radius 1 is 1.00 bits per heavy atom. The molecule has 1 aromatic rings. The molecule has 0 heterocycles. The van der Waals surface area contributed by atoms with Crippen LogP contribution in [0, 0.1) is 11.8 Å². The molecule has 0 amide bonds. The van der Waals surface area contributed by atoms with Crippen LogP contribution in [0.25, 0.3) is 0 Å².